The summed E-state index contributed by atoms with van der Waals surface area (Å²) in [6, 6.07) is 5.08. The van der Waals surface area contributed by atoms with Crippen molar-refractivity contribution in [1.82, 2.24) is 0 Å². The van der Waals surface area contributed by atoms with E-state index in [4.69, 9.17) is 9.47 Å². The molecular weight excluding hydrogens is 316 g/mol. The second-order valence-electron chi connectivity index (χ2n) is 6.48. The predicted octanol–water partition coefficient (Wildman–Crippen LogP) is 5.34. The van der Waals surface area contributed by atoms with E-state index >= 15 is 0 Å². The molecule has 0 bridgehead atoms. The van der Waals surface area contributed by atoms with Gasteiger partial charge in [-0.05, 0) is 36.1 Å². The van der Waals surface area contributed by atoms with Gasteiger partial charge in [-0.1, -0.05) is 58.1 Å². The van der Waals surface area contributed by atoms with Gasteiger partial charge in [0.05, 0.1) is 7.11 Å². The summed E-state index contributed by atoms with van der Waals surface area (Å²) in [4.78, 5) is 11.7. The van der Waals surface area contributed by atoms with Gasteiger partial charge in [-0.2, -0.15) is 0 Å². The maximum atomic E-state index is 11.7. The van der Waals surface area contributed by atoms with Gasteiger partial charge in [0.1, 0.15) is 6.61 Å². The maximum absolute atomic E-state index is 11.7. The van der Waals surface area contributed by atoms with E-state index in [1.165, 1.54) is 32.8 Å². The van der Waals surface area contributed by atoms with Crippen LogP contribution in [0.3, 0.4) is 0 Å². The summed E-state index contributed by atoms with van der Waals surface area (Å²) in [5, 5.41) is 9.54. The molecule has 1 aromatic carbocycles. The highest BCUT2D eigenvalue weighted by atomic mass is 16.5. The van der Waals surface area contributed by atoms with Gasteiger partial charge < -0.3 is 14.6 Å². The van der Waals surface area contributed by atoms with E-state index in [-0.39, 0.29) is 18.3 Å². The van der Waals surface area contributed by atoms with Crippen molar-refractivity contribution < 1.29 is 19.4 Å². The second kappa shape index (κ2) is 12.4. The van der Waals surface area contributed by atoms with Gasteiger partial charge in [0.15, 0.2) is 11.5 Å². The Kier molecular flexibility index (Phi) is 10.5. The van der Waals surface area contributed by atoms with Crippen molar-refractivity contribution in [2.24, 2.45) is 5.92 Å². The lowest BCUT2D eigenvalue weighted by Crippen LogP contribution is -2.04. The van der Waals surface area contributed by atoms with E-state index < -0.39 is 0 Å². The number of hydrogen-bond donors (Lipinski definition) is 1. The number of benzene rings is 1. The Hall–Kier alpha value is -1.97. The smallest absolute Gasteiger partial charge is 0.306 e. The lowest BCUT2D eigenvalue weighted by Gasteiger charge is -2.07. The molecule has 0 spiro atoms. The van der Waals surface area contributed by atoms with Crippen LogP contribution in [0.15, 0.2) is 24.3 Å². The van der Waals surface area contributed by atoms with Gasteiger partial charge in [-0.3, -0.25) is 4.79 Å². The van der Waals surface area contributed by atoms with Crippen molar-refractivity contribution in [2.45, 2.75) is 58.8 Å². The van der Waals surface area contributed by atoms with Crippen LogP contribution in [0.5, 0.6) is 11.5 Å². The Bertz CT molecular complexity index is 537. The number of phenolic OH excluding ortho intramolecular Hbond substituents is 1. The fourth-order valence-electron chi connectivity index (χ4n) is 2.52. The molecule has 0 radical (unpaired) electrons. The summed E-state index contributed by atoms with van der Waals surface area (Å²) in [5.41, 5.74) is 0.881. The number of carbonyl (C=O) groups is 1. The first-order chi connectivity index (χ1) is 12.1. The van der Waals surface area contributed by atoms with Crippen LogP contribution in [-0.4, -0.2) is 24.8 Å². The number of methoxy groups -OCH3 is 1. The number of ether oxygens (including phenoxy) is 2. The molecule has 0 fully saturated rings. The molecule has 1 aromatic rings. The molecule has 25 heavy (non-hydrogen) atoms. The van der Waals surface area contributed by atoms with Gasteiger partial charge in [0.25, 0.3) is 0 Å². The zero-order valence-corrected chi connectivity index (χ0v) is 15.8. The molecule has 0 aliphatic carbocycles. The number of phenols is 1. The van der Waals surface area contributed by atoms with Crippen LogP contribution in [0.25, 0.3) is 6.08 Å². The first-order valence-corrected chi connectivity index (χ1v) is 9.26. The summed E-state index contributed by atoms with van der Waals surface area (Å²) < 4.78 is 10.3. The third-order valence-electron chi connectivity index (χ3n) is 4.38. The minimum absolute atomic E-state index is 0.107. The SMILES string of the molecule is CCC(C)CCCCCCC(=O)OC/C=C/c1ccc(O)c(OC)c1. The Labute approximate surface area is 151 Å². The summed E-state index contributed by atoms with van der Waals surface area (Å²) in [6.45, 7) is 4.78. The topological polar surface area (TPSA) is 55.8 Å². The number of carbonyl (C=O) groups excluding carboxylic acids is 1. The second-order valence-corrected chi connectivity index (χ2v) is 6.48. The van der Waals surface area contributed by atoms with E-state index in [2.05, 4.69) is 13.8 Å². The van der Waals surface area contributed by atoms with Crippen molar-refractivity contribution in [1.29, 1.82) is 0 Å². The minimum Gasteiger partial charge on any atom is -0.504 e. The standard InChI is InChI=1S/C21H32O4/c1-4-17(2)10-7-5-6-8-12-21(23)25-15-9-11-18-13-14-19(22)20(16-18)24-3/h9,11,13-14,16-17,22H,4-8,10,12,15H2,1-3H3/b11-9+. The molecule has 0 saturated carbocycles. The largest absolute Gasteiger partial charge is 0.504 e. The van der Waals surface area contributed by atoms with Crippen molar-refractivity contribution >= 4 is 12.0 Å². The monoisotopic (exact) mass is 348 g/mol. The summed E-state index contributed by atoms with van der Waals surface area (Å²) in [7, 11) is 1.51. The molecule has 1 unspecified atom stereocenters. The molecule has 0 aliphatic heterocycles. The highest BCUT2D eigenvalue weighted by molar-refractivity contribution is 5.69. The van der Waals surface area contributed by atoms with Gasteiger partial charge in [-0.25, -0.2) is 0 Å². The molecule has 4 nitrogen and oxygen atoms in total. The van der Waals surface area contributed by atoms with Crippen LogP contribution < -0.4 is 4.74 Å². The van der Waals surface area contributed by atoms with Crippen LogP contribution in [0.4, 0.5) is 0 Å². The zero-order chi connectivity index (χ0) is 18.5. The number of hydrogen-bond acceptors (Lipinski definition) is 4. The summed E-state index contributed by atoms with van der Waals surface area (Å²) in [6.07, 6.45) is 11.1. The molecule has 0 aromatic heterocycles. The van der Waals surface area contributed by atoms with Crippen LogP contribution in [0, 0.1) is 5.92 Å². The van der Waals surface area contributed by atoms with Crippen LogP contribution in [0.1, 0.15) is 64.4 Å². The lowest BCUT2D eigenvalue weighted by molar-refractivity contribution is -0.142. The quantitative estimate of drug-likeness (QED) is 0.409. The average Bonchev–Trinajstić information content (AvgIpc) is 2.62. The van der Waals surface area contributed by atoms with Crippen LogP contribution in [0.2, 0.25) is 0 Å². The molecule has 0 aliphatic rings. The Balaban J connectivity index is 2.14. The maximum Gasteiger partial charge on any atom is 0.306 e. The van der Waals surface area contributed by atoms with E-state index in [1.54, 1.807) is 24.3 Å². The summed E-state index contributed by atoms with van der Waals surface area (Å²) >= 11 is 0. The Morgan fingerprint density at radius 1 is 1.24 bits per heavy atom. The molecule has 1 atom stereocenters. The number of unbranched alkanes of at least 4 members (excludes halogenated alkanes) is 3. The third-order valence-corrected chi connectivity index (χ3v) is 4.38. The van der Waals surface area contributed by atoms with Gasteiger partial charge in [0.2, 0.25) is 0 Å². The van der Waals surface area contributed by atoms with Gasteiger partial charge in [0, 0.05) is 6.42 Å². The fourth-order valence-corrected chi connectivity index (χ4v) is 2.52. The van der Waals surface area contributed by atoms with Crippen molar-refractivity contribution in [3.8, 4) is 11.5 Å². The molecule has 0 saturated heterocycles. The first kappa shape index (κ1) is 21.1. The van der Waals surface area contributed by atoms with Gasteiger partial charge >= 0.3 is 5.97 Å². The molecular formula is C21H32O4. The average molecular weight is 348 g/mol. The van der Waals surface area contributed by atoms with E-state index in [0.29, 0.717) is 12.2 Å². The van der Waals surface area contributed by atoms with E-state index in [9.17, 15) is 9.90 Å². The van der Waals surface area contributed by atoms with Gasteiger partial charge in [-0.15, -0.1) is 0 Å². The van der Waals surface area contributed by atoms with Crippen molar-refractivity contribution in [3.63, 3.8) is 0 Å². The molecule has 4 heteroatoms. The highest BCUT2D eigenvalue weighted by Crippen LogP contribution is 2.26. The predicted molar refractivity (Wildman–Crippen MR) is 102 cm³/mol. The highest BCUT2D eigenvalue weighted by Gasteiger charge is 2.03. The van der Waals surface area contributed by atoms with E-state index in [0.717, 1.165) is 24.3 Å². The fraction of sp³-hybridized carbons (Fsp3) is 0.571. The normalized spacial score (nSPS) is 12.3. The van der Waals surface area contributed by atoms with Crippen molar-refractivity contribution in [2.75, 3.05) is 13.7 Å². The zero-order valence-electron chi connectivity index (χ0n) is 15.8. The molecule has 0 heterocycles. The summed E-state index contributed by atoms with van der Waals surface area (Å²) in [5.74, 6) is 1.20. The Morgan fingerprint density at radius 2 is 2.00 bits per heavy atom. The van der Waals surface area contributed by atoms with Crippen LogP contribution >= 0.6 is 0 Å². The van der Waals surface area contributed by atoms with E-state index in [1.807, 2.05) is 6.08 Å². The van der Waals surface area contributed by atoms with Crippen LogP contribution in [-0.2, 0) is 9.53 Å². The first-order valence-electron chi connectivity index (χ1n) is 9.26. The molecule has 1 N–H and O–H groups in total. The number of rotatable bonds is 12. The number of aromatic hydroxyl groups is 1. The molecule has 0 amide bonds. The third kappa shape index (κ3) is 9.18. The molecule has 1 rings (SSSR count). The number of esters is 1. The van der Waals surface area contributed by atoms with Crippen molar-refractivity contribution in [3.05, 3.63) is 29.8 Å². The molecule has 140 valence electrons. The minimum atomic E-state index is -0.144. The Morgan fingerprint density at radius 3 is 2.72 bits per heavy atom. The lowest BCUT2D eigenvalue weighted by atomic mass is 10.0.